The number of piperidine rings is 1. The maximum atomic E-state index is 12.7. The van der Waals surface area contributed by atoms with Crippen molar-refractivity contribution in [2.75, 3.05) is 33.4 Å². The van der Waals surface area contributed by atoms with Gasteiger partial charge in [-0.2, -0.15) is 0 Å². The number of nitrogens with zero attached hydrogens (tertiary/aromatic N) is 1. The molecule has 0 aliphatic carbocycles. The van der Waals surface area contributed by atoms with Gasteiger partial charge in [0.15, 0.2) is 11.5 Å². The Morgan fingerprint density at radius 1 is 1.06 bits per heavy atom. The molecule has 0 atom stereocenters. The predicted octanol–water partition coefficient (Wildman–Crippen LogP) is 2.74. The molecule has 2 aromatic carbocycles. The summed E-state index contributed by atoms with van der Waals surface area (Å²) in [6.45, 7) is 3.41. The molecule has 1 amide bonds. The lowest BCUT2D eigenvalue weighted by Crippen LogP contribution is -2.43. The second kappa shape index (κ2) is 10.6. The van der Waals surface area contributed by atoms with E-state index >= 15 is 0 Å². The lowest BCUT2D eigenvalue weighted by molar-refractivity contribution is -0.126. The first-order chi connectivity index (χ1) is 14.9. The van der Waals surface area contributed by atoms with Crippen molar-refractivity contribution in [3.8, 4) is 11.5 Å². The summed E-state index contributed by atoms with van der Waals surface area (Å²) in [5, 5.41) is 2.89. The van der Waals surface area contributed by atoms with Gasteiger partial charge in [-0.05, 0) is 37.5 Å². The van der Waals surface area contributed by atoms with Crippen molar-refractivity contribution in [3.05, 3.63) is 59.7 Å². The van der Waals surface area contributed by atoms with Gasteiger partial charge in [0.1, 0.15) is 6.61 Å². The van der Waals surface area contributed by atoms with Gasteiger partial charge in [0.2, 0.25) is 15.9 Å². The van der Waals surface area contributed by atoms with Crippen molar-refractivity contribution in [2.24, 2.45) is 5.92 Å². The van der Waals surface area contributed by atoms with Crippen LogP contribution in [0.5, 0.6) is 11.5 Å². The average molecular weight is 447 g/mol. The predicted molar refractivity (Wildman–Crippen MR) is 120 cm³/mol. The molecule has 2 aromatic rings. The number of carbonyl (C=O) groups is 1. The zero-order valence-corrected chi connectivity index (χ0v) is 18.9. The third-order valence-corrected chi connectivity index (χ3v) is 7.27. The summed E-state index contributed by atoms with van der Waals surface area (Å²) in [4.78, 5) is 12.5. The van der Waals surface area contributed by atoms with Crippen LogP contribution >= 0.6 is 0 Å². The number of sulfonamides is 1. The summed E-state index contributed by atoms with van der Waals surface area (Å²) < 4.78 is 37.8. The second-order valence-electron chi connectivity index (χ2n) is 7.71. The molecule has 8 heteroatoms. The van der Waals surface area contributed by atoms with E-state index in [-0.39, 0.29) is 17.6 Å². The third-order valence-electron chi connectivity index (χ3n) is 5.42. The van der Waals surface area contributed by atoms with Crippen molar-refractivity contribution >= 4 is 15.9 Å². The van der Waals surface area contributed by atoms with Crippen molar-refractivity contribution in [3.63, 3.8) is 0 Å². The standard InChI is InChI=1S/C23H30N2O5S/c1-18-7-9-19(10-8-18)17-31(27,28)25-14-11-20(12-15-25)23(26)24-13-16-30-22-6-4-3-5-21(22)29-2/h3-10,20H,11-17H2,1-2H3,(H,24,26). The number of benzene rings is 2. The van der Waals surface area contributed by atoms with Gasteiger partial charge in [-0.3, -0.25) is 4.79 Å². The zero-order chi connectivity index (χ0) is 22.3. The van der Waals surface area contributed by atoms with Gasteiger partial charge in [0, 0.05) is 19.0 Å². The minimum Gasteiger partial charge on any atom is -0.493 e. The molecule has 7 nitrogen and oxygen atoms in total. The van der Waals surface area contributed by atoms with Crippen LogP contribution in [0.4, 0.5) is 0 Å². The number of amides is 1. The van der Waals surface area contributed by atoms with Crippen LogP contribution in [0.1, 0.15) is 24.0 Å². The van der Waals surface area contributed by atoms with Gasteiger partial charge in [-0.1, -0.05) is 42.0 Å². The molecule has 1 aliphatic heterocycles. The molecule has 1 N–H and O–H groups in total. The normalized spacial score (nSPS) is 15.4. The van der Waals surface area contributed by atoms with Crippen LogP contribution in [0, 0.1) is 12.8 Å². The van der Waals surface area contributed by atoms with Gasteiger partial charge in [-0.15, -0.1) is 0 Å². The first-order valence-electron chi connectivity index (χ1n) is 10.5. The molecule has 0 spiro atoms. The van der Waals surface area contributed by atoms with Gasteiger partial charge >= 0.3 is 0 Å². The van der Waals surface area contributed by atoms with Crippen LogP contribution in [0.3, 0.4) is 0 Å². The molecule has 1 fully saturated rings. The van der Waals surface area contributed by atoms with Crippen molar-refractivity contribution in [2.45, 2.75) is 25.5 Å². The Kier molecular flexibility index (Phi) is 7.92. The monoisotopic (exact) mass is 446 g/mol. The largest absolute Gasteiger partial charge is 0.493 e. The Morgan fingerprint density at radius 2 is 1.71 bits per heavy atom. The van der Waals surface area contributed by atoms with E-state index in [1.807, 2.05) is 55.5 Å². The molecule has 1 aliphatic rings. The van der Waals surface area contributed by atoms with E-state index in [4.69, 9.17) is 9.47 Å². The molecular weight excluding hydrogens is 416 g/mol. The Labute approximate surface area is 184 Å². The molecule has 31 heavy (non-hydrogen) atoms. The first-order valence-corrected chi connectivity index (χ1v) is 12.1. The van der Waals surface area contributed by atoms with E-state index in [2.05, 4.69) is 5.32 Å². The number of ether oxygens (including phenoxy) is 2. The molecule has 0 unspecified atom stereocenters. The molecular formula is C23H30N2O5S. The van der Waals surface area contributed by atoms with Crippen LogP contribution in [0.15, 0.2) is 48.5 Å². The fourth-order valence-electron chi connectivity index (χ4n) is 3.60. The van der Waals surface area contributed by atoms with Crippen LogP contribution in [0.2, 0.25) is 0 Å². The molecule has 1 saturated heterocycles. The highest BCUT2D eigenvalue weighted by atomic mass is 32.2. The van der Waals surface area contributed by atoms with Gasteiger partial charge < -0.3 is 14.8 Å². The summed E-state index contributed by atoms with van der Waals surface area (Å²) in [5.41, 5.74) is 1.88. The summed E-state index contributed by atoms with van der Waals surface area (Å²) in [7, 11) is -1.81. The van der Waals surface area contributed by atoms with Crippen LogP contribution in [-0.4, -0.2) is 52.0 Å². The van der Waals surface area contributed by atoms with Crippen LogP contribution in [-0.2, 0) is 20.6 Å². The Hall–Kier alpha value is -2.58. The summed E-state index contributed by atoms with van der Waals surface area (Å²) in [6.07, 6.45) is 1.04. The second-order valence-corrected chi connectivity index (χ2v) is 9.67. The molecule has 0 saturated carbocycles. The van der Waals surface area contributed by atoms with Gasteiger partial charge in [0.05, 0.1) is 19.4 Å². The Bertz CT molecular complexity index is 968. The highest BCUT2D eigenvalue weighted by molar-refractivity contribution is 7.88. The summed E-state index contributed by atoms with van der Waals surface area (Å²) in [5.74, 6) is 1.03. The molecule has 168 valence electrons. The fourth-order valence-corrected chi connectivity index (χ4v) is 5.16. The van der Waals surface area contributed by atoms with E-state index in [1.54, 1.807) is 7.11 Å². The van der Waals surface area contributed by atoms with E-state index in [9.17, 15) is 13.2 Å². The van der Waals surface area contributed by atoms with Crippen LogP contribution < -0.4 is 14.8 Å². The summed E-state index contributed by atoms with van der Waals surface area (Å²) in [6, 6.07) is 14.9. The average Bonchev–Trinajstić information content (AvgIpc) is 2.78. The Balaban J connectivity index is 1.41. The zero-order valence-electron chi connectivity index (χ0n) is 18.0. The number of hydrogen-bond donors (Lipinski definition) is 1. The quantitative estimate of drug-likeness (QED) is 0.599. The van der Waals surface area contributed by atoms with Gasteiger partial charge in [-0.25, -0.2) is 12.7 Å². The third kappa shape index (κ3) is 6.45. The van der Waals surface area contributed by atoms with E-state index in [0.29, 0.717) is 50.6 Å². The lowest BCUT2D eigenvalue weighted by Gasteiger charge is -2.30. The molecule has 1 heterocycles. The minimum absolute atomic E-state index is 0.00949. The smallest absolute Gasteiger partial charge is 0.223 e. The van der Waals surface area contributed by atoms with E-state index in [0.717, 1.165) is 11.1 Å². The van der Waals surface area contributed by atoms with Crippen molar-refractivity contribution in [1.29, 1.82) is 0 Å². The number of carbonyl (C=O) groups excluding carboxylic acids is 1. The SMILES string of the molecule is COc1ccccc1OCCNC(=O)C1CCN(S(=O)(=O)Cc2ccc(C)cc2)CC1. The van der Waals surface area contributed by atoms with Crippen molar-refractivity contribution < 1.29 is 22.7 Å². The topological polar surface area (TPSA) is 84.9 Å². The maximum Gasteiger partial charge on any atom is 0.223 e. The van der Waals surface area contributed by atoms with Crippen LogP contribution in [0.25, 0.3) is 0 Å². The fraction of sp³-hybridized carbons (Fsp3) is 0.435. The number of rotatable bonds is 9. The minimum atomic E-state index is -3.39. The Morgan fingerprint density at radius 3 is 2.35 bits per heavy atom. The molecule has 3 rings (SSSR count). The van der Waals surface area contributed by atoms with Crippen molar-refractivity contribution in [1.82, 2.24) is 9.62 Å². The van der Waals surface area contributed by atoms with Gasteiger partial charge in [0.25, 0.3) is 0 Å². The maximum absolute atomic E-state index is 12.7. The highest BCUT2D eigenvalue weighted by Crippen LogP contribution is 2.25. The van der Waals surface area contributed by atoms with E-state index in [1.165, 1.54) is 4.31 Å². The first kappa shape index (κ1) is 23.1. The molecule has 0 bridgehead atoms. The molecule has 0 aromatic heterocycles. The number of aryl methyl sites for hydroxylation is 1. The highest BCUT2D eigenvalue weighted by Gasteiger charge is 2.31. The molecule has 0 radical (unpaired) electrons. The number of para-hydroxylation sites is 2. The van der Waals surface area contributed by atoms with E-state index < -0.39 is 10.0 Å². The lowest BCUT2D eigenvalue weighted by atomic mass is 9.97. The summed E-state index contributed by atoms with van der Waals surface area (Å²) >= 11 is 0. The number of nitrogens with one attached hydrogen (secondary N) is 1. The number of methoxy groups -OCH3 is 1. The number of hydrogen-bond acceptors (Lipinski definition) is 5.